The van der Waals surface area contributed by atoms with Crippen LogP contribution in [-0.4, -0.2) is 52.3 Å². The van der Waals surface area contributed by atoms with Crippen LogP contribution in [0.4, 0.5) is 0 Å². The van der Waals surface area contributed by atoms with Crippen LogP contribution >= 0.6 is 0 Å². The fourth-order valence-corrected chi connectivity index (χ4v) is 1.74. The molecule has 1 saturated heterocycles. The van der Waals surface area contributed by atoms with Gasteiger partial charge in [0.1, 0.15) is 30.3 Å². The summed E-state index contributed by atoms with van der Waals surface area (Å²) in [5.74, 6) is -1.25. The van der Waals surface area contributed by atoms with Crippen LogP contribution in [0.2, 0.25) is 0 Å². The molecule has 0 aromatic carbocycles. The fraction of sp³-hybridized carbons (Fsp3) is 0.667. The molecule has 2 heterocycles. The highest BCUT2D eigenvalue weighted by Gasteiger charge is 2.44. The molecule has 84 valence electrons. The zero-order chi connectivity index (χ0) is 11.0. The van der Waals surface area contributed by atoms with Crippen molar-refractivity contribution >= 4 is 5.97 Å². The van der Waals surface area contributed by atoms with Crippen LogP contribution in [0.5, 0.6) is 0 Å². The van der Waals surface area contributed by atoms with Gasteiger partial charge in [-0.2, -0.15) is 0 Å². The third-order valence-corrected chi connectivity index (χ3v) is 2.64. The van der Waals surface area contributed by atoms with E-state index in [0.717, 1.165) is 0 Å². The van der Waals surface area contributed by atoms with Gasteiger partial charge in [0.05, 0.1) is 12.9 Å². The van der Waals surface area contributed by atoms with Crippen molar-refractivity contribution in [2.75, 3.05) is 6.61 Å². The van der Waals surface area contributed by atoms with E-state index in [1.165, 1.54) is 12.3 Å². The molecule has 3 N–H and O–H groups in total. The minimum atomic E-state index is -1.30. The van der Waals surface area contributed by atoms with Crippen molar-refractivity contribution in [2.24, 2.45) is 5.92 Å². The van der Waals surface area contributed by atoms with E-state index in [1.54, 1.807) is 0 Å². The molecule has 0 aromatic heterocycles. The normalized spacial score (nSPS) is 45.5. The first kappa shape index (κ1) is 10.6. The maximum absolute atomic E-state index is 11.2. The molecule has 1 unspecified atom stereocenters. The van der Waals surface area contributed by atoms with Gasteiger partial charge in [-0.3, -0.25) is 4.79 Å². The molecule has 6 nitrogen and oxygen atoms in total. The number of aliphatic hydroxyl groups excluding tert-OH is 3. The molecule has 0 spiro atoms. The van der Waals surface area contributed by atoms with Crippen molar-refractivity contribution in [3.8, 4) is 0 Å². The SMILES string of the molecule is O=C1OC=CC1[C@@H]1OC[C@@H](O)[C@H](O)[C@H]1O. The molecule has 6 heteroatoms. The van der Waals surface area contributed by atoms with Crippen molar-refractivity contribution in [1.82, 2.24) is 0 Å². The molecule has 0 amide bonds. The summed E-state index contributed by atoms with van der Waals surface area (Å²) in [4.78, 5) is 11.2. The van der Waals surface area contributed by atoms with Gasteiger partial charge in [-0.25, -0.2) is 0 Å². The minimum absolute atomic E-state index is 0.111. The smallest absolute Gasteiger partial charge is 0.320 e. The van der Waals surface area contributed by atoms with E-state index >= 15 is 0 Å². The zero-order valence-corrected chi connectivity index (χ0v) is 7.81. The van der Waals surface area contributed by atoms with E-state index in [9.17, 15) is 20.1 Å². The maximum Gasteiger partial charge on any atom is 0.320 e. The summed E-state index contributed by atoms with van der Waals surface area (Å²) >= 11 is 0. The van der Waals surface area contributed by atoms with Crippen molar-refractivity contribution in [3.63, 3.8) is 0 Å². The Morgan fingerprint density at radius 2 is 2.00 bits per heavy atom. The third-order valence-electron chi connectivity index (χ3n) is 2.64. The number of hydrogen-bond acceptors (Lipinski definition) is 6. The third kappa shape index (κ3) is 1.76. The van der Waals surface area contributed by atoms with E-state index < -0.39 is 36.3 Å². The Bertz CT molecular complexity index is 288. The molecule has 15 heavy (non-hydrogen) atoms. The largest absolute Gasteiger partial charge is 0.434 e. The second-order valence-corrected chi connectivity index (χ2v) is 3.64. The van der Waals surface area contributed by atoms with Gasteiger partial charge in [0.25, 0.3) is 0 Å². The molecule has 1 fully saturated rings. The van der Waals surface area contributed by atoms with Gasteiger partial charge >= 0.3 is 5.97 Å². The summed E-state index contributed by atoms with van der Waals surface area (Å²) in [5.41, 5.74) is 0. The highest BCUT2D eigenvalue weighted by Crippen LogP contribution is 2.26. The van der Waals surface area contributed by atoms with Crippen LogP contribution in [0.1, 0.15) is 0 Å². The van der Waals surface area contributed by atoms with E-state index in [0.29, 0.717) is 0 Å². The molecule has 0 bridgehead atoms. The lowest BCUT2D eigenvalue weighted by molar-refractivity contribution is -0.199. The van der Waals surface area contributed by atoms with Gasteiger partial charge < -0.3 is 24.8 Å². The average molecular weight is 216 g/mol. The molecule has 0 radical (unpaired) electrons. The Morgan fingerprint density at radius 3 is 2.60 bits per heavy atom. The van der Waals surface area contributed by atoms with Gasteiger partial charge in [-0.1, -0.05) is 0 Å². The highest BCUT2D eigenvalue weighted by molar-refractivity contribution is 5.78. The number of rotatable bonds is 1. The standard InChI is InChI=1S/C9H12O6/c10-5-3-15-8(7(12)6(5)11)4-1-2-14-9(4)13/h1-2,4-8,10-12H,3H2/t4?,5-,6+,7-,8+/m1/s1. The van der Waals surface area contributed by atoms with Gasteiger partial charge in [0.15, 0.2) is 0 Å². The van der Waals surface area contributed by atoms with Gasteiger partial charge in [-0.15, -0.1) is 0 Å². The van der Waals surface area contributed by atoms with Crippen LogP contribution in [0.25, 0.3) is 0 Å². The van der Waals surface area contributed by atoms with Crippen LogP contribution < -0.4 is 0 Å². The van der Waals surface area contributed by atoms with Crippen LogP contribution in [0.15, 0.2) is 12.3 Å². The van der Waals surface area contributed by atoms with Crippen molar-refractivity contribution in [3.05, 3.63) is 12.3 Å². The van der Waals surface area contributed by atoms with Crippen molar-refractivity contribution < 1.29 is 29.6 Å². The number of hydrogen-bond donors (Lipinski definition) is 3. The van der Waals surface area contributed by atoms with Crippen molar-refractivity contribution in [1.29, 1.82) is 0 Å². The monoisotopic (exact) mass is 216 g/mol. The number of ether oxygens (including phenoxy) is 2. The summed E-state index contributed by atoms with van der Waals surface area (Å²) in [7, 11) is 0. The van der Waals surface area contributed by atoms with Crippen LogP contribution in [-0.2, 0) is 14.3 Å². The topological polar surface area (TPSA) is 96.2 Å². The molecular weight excluding hydrogens is 204 g/mol. The molecule has 5 atom stereocenters. The Kier molecular flexibility index (Phi) is 2.74. The molecule has 0 aliphatic carbocycles. The van der Waals surface area contributed by atoms with Gasteiger partial charge in [-0.05, 0) is 6.08 Å². The van der Waals surface area contributed by atoms with E-state index in [-0.39, 0.29) is 6.61 Å². The highest BCUT2D eigenvalue weighted by atomic mass is 16.5. The van der Waals surface area contributed by atoms with Crippen LogP contribution in [0.3, 0.4) is 0 Å². The number of carbonyl (C=O) groups excluding carboxylic acids is 1. The molecule has 0 saturated carbocycles. The molecule has 0 aromatic rings. The Labute approximate surface area is 85.7 Å². The Hall–Kier alpha value is -0.950. The molecule has 2 rings (SSSR count). The lowest BCUT2D eigenvalue weighted by atomic mass is 9.91. The quantitative estimate of drug-likeness (QED) is 0.445. The summed E-state index contributed by atoms with van der Waals surface area (Å²) in [6.45, 7) is -0.111. The molecular formula is C9H12O6. The summed E-state index contributed by atoms with van der Waals surface area (Å²) < 4.78 is 9.69. The predicted octanol–water partition coefficient (Wildman–Crippen LogP) is -1.85. The number of carbonyl (C=O) groups is 1. The first-order chi connectivity index (χ1) is 7.11. The summed E-state index contributed by atoms with van der Waals surface area (Å²) in [5, 5.41) is 28.2. The average Bonchev–Trinajstić information content (AvgIpc) is 2.62. The second kappa shape index (κ2) is 3.90. The molecule has 2 aliphatic rings. The van der Waals surface area contributed by atoms with Crippen LogP contribution in [0, 0.1) is 5.92 Å². The Morgan fingerprint density at radius 1 is 1.27 bits per heavy atom. The lowest BCUT2D eigenvalue weighted by Gasteiger charge is -2.36. The van der Waals surface area contributed by atoms with Gasteiger partial charge in [0.2, 0.25) is 0 Å². The summed E-state index contributed by atoms with van der Waals surface area (Å²) in [6, 6.07) is 0. The Balaban J connectivity index is 2.10. The van der Waals surface area contributed by atoms with Crippen molar-refractivity contribution in [2.45, 2.75) is 24.4 Å². The van der Waals surface area contributed by atoms with Gasteiger partial charge in [0, 0.05) is 0 Å². The lowest BCUT2D eigenvalue weighted by Crippen LogP contribution is -2.55. The van der Waals surface area contributed by atoms with E-state index in [4.69, 9.17) is 4.74 Å². The van der Waals surface area contributed by atoms with E-state index in [2.05, 4.69) is 4.74 Å². The molecule has 2 aliphatic heterocycles. The fourth-order valence-electron chi connectivity index (χ4n) is 1.74. The predicted molar refractivity (Wildman–Crippen MR) is 46.5 cm³/mol. The minimum Gasteiger partial charge on any atom is -0.434 e. The first-order valence-corrected chi connectivity index (χ1v) is 4.64. The maximum atomic E-state index is 11.2. The second-order valence-electron chi connectivity index (χ2n) is 3.64. The first-order valence-electron chi connectivity index (χ1n) is 4.64. The number of aliphatic hydroxyl groups is 3. The summed E-state index contributed by atoms with van der Waals surface area (Å²) in [6.07, 6.45) is -1.91. The number of cyclic esters (lactones) is 1. The zero-order valence-electron chi connectivity index (χ0n) is 7.81. The van der Waals surface area contributed by atoms with E-state index in [1.807, 2.05) is 0 Å². The number of esters is 1.